The highest BCUT2D eigenvalue weighted by molar-refractivity contribution is 5.94. The summed E-state index contributed by atoms with van der Waals surface area (Å²) >= 11 is 0. The smallest absolute Gasteiger partial charge is 0.320 e. The molecule has 0 fully saturated rings. The number of nitrogens with one attached hydrogen (secondary N) is 5. The van der Waals surface area contributed by atoms with Gasteiger partial charge in [0.25, 0.3) is 0 Å². The number of aromatic amines is 1. The first-order valence-corrected chi connectivity index (χ1v) is 8.71. The summed E-state index contributed by atoms with van der Waals surface area (Å²) in [7, 11) is 0. The Balaban J connectivity index is 1.53. The molecule has 5 rings (SSSR count). The maximum absolute atomic E-state index is 12.0. The van der Waals surface area contributed by atoms with Crippen LogP contribution in [0.1, 0.15) is 34.6 Å². The summed E-state index contributed by atoms with van der Waals surface area (Å²) in [5.41, 5.74) is 5.28. The Morgan fingerprint density at radius 2 is 1.04 bits per heavy atom. The topological polar surface area (TPSA) is 98.1 Å². The number of carbonyl (C=O) groups excluding carboxylic acids is 2. The molecule has 1 aromatic heterocycles. The molecule has 134 valence electrons. The molecule has 2 aliphatic rings. The van der Waals surface area contributed by atoms with Crippen molar-refractivity contribution in [1.29, 1.82) is 0 Å². The van der Waals surface area contributed by atoms with Crippen molar-refractivity contribution in [3.05, 3.63) is 83.2 Å². The number of H-pyrrole nitrogens is 1. The maximum atomic E-state index is 12.0. The van der Waals surface area contributed by atoms with E-state index in [-0.39, 0.29) is 24.1 Å². The van der Waals surface area contributed by atoms with E-state index in [1.54, 1.807) is 0 Å². The number of rotatable bonds is 2. The molecule has 0 saturated heterocycles. The average molecular weight is 359 g/mol. The van der Waals surface area contributed by atoms with Crippen molar-refractivity contribution < 1.29 is 9.59 Å². The second-order valence-corrected chi connectivity index (χ2v) is 6.61. The molecule has 0 bridgehead atoms. The summed E-state index contributed by atoms with van der Waals surface area (Å²) in [6.07, 6.45) is 0. The van der Waals surface area contributed by atoms with Crippen molar-refractivity contribution in [3.8, 4) is 0 Å². The van der Waals surface area contributed by atoms with Gasteiger partial charge in [0.15, 0.2) is 0 Å². The van der Waals surface area contributed by atoms with E-state index in [1.807, 2.05) is 60.7 Å². The van der Waals surface area contributed by atoms with Gasteiger partial charge in [-0.25, -0.2) is 9.59 Å². The molecule has 0 saturated carbocycles. The third-order valence-corrected chi connectivity index (χ3v) is 4.94. The minimum atomic E-state index is -0.281. The summed E-state index contributed by atoms with van der Waals surface area (Å²) in [5, 5.41) is 11.5. The molecule has 4 amide bonds. The van der Waals surface area contributed by atoms with E-state index in [0.29, 0.717) is 0 Å². The zero-order valence-corrected chi connectivity index (χ0v) is 14.2. The first-order valence-electron chi connectivity index (χ1n) is 8.71. The zero-order valence-electron chi connectivity index (χ0n) is 14.2. The van der Waals surface area contributed by atoms with E-state index in [4.69, 9.17) is 0 Å². The highest BCUT2D eigenvalue weighted by atomic mass is 16.2. The van der Waals surface area contributed by atoms with Gasteiger partial charge in [0.2, 0.25) is 0 Å². The van der Waals surface area contributed by atoms with Gasteiger partial charge in [-0.2, -0.15) is 0 Å². The molecule has 7 nitrogen and oxygen atoms in total. The number of urea groups is 2. The number of carbonyl (C=O) groups is 2. The Morgan fingerprint density at radius 1 is 0.593 bits per heavy atom. The molecule has 2 aliphatic heterocycles. The molecule has 2 atom stereocenters. The number of hydrogen-bond acceptors (Lipinski definition) is 2. The number of fused-ring (bicyclic) bond motifs is 2. The molecular formula is C20H17N5O2. The molecule has 2 unspecified atom stereocenters. The number of aromatic nitrogens is 1. The number of amides is 4. The third kappa shape index (κ3) is 2.60. The van der Waals surface area contributed by atoms with Gasteiger partial charge >= 0.3 is 12.1 Å². The second kappa shape index (κ2) is 5.91. The second-order valence-electron chi connectivity index (χ2n) is 6.61. The molecule has 0 spiro atoms. The van der Waals surface area contributed by atoms with Crippen LogP contribution in [0.4, 0.5) is 21.0 Å². The molecular weight excluding hydrogens is 342 g/mol. The first kappa shape index (κ1) is 15.5. The van der Waals surface area contributed by atoms with Crippen LogP contribution >= 0.6 is 0 Å². The largest absolute Gasteiger partial charge is 0.358 e. The molecule has 3 aromatic rings. The molecule has 5 N–H and O–H groups in total. The summed E-state index contributed by atoms with van der Waals surface area (Å²) in [5.74, 6) is 0. The van der Waals surface area contributed by atoms with Gasteiger partial charge in [0.1, 0.15) is 0 Å². The number of benzene rings is 2. The number of anilines is 2. The Labute approximate surface area is 155 Å². The van der Waals surface area contributed by atoms with Gasteiger partial charge in [-0.05, 0) is 24.3 Å². The van der Waals surface area contributed by atoms with Gasteiger partial charge in [-0.3, -0.25) is 0 Å². The Hall–Kier alpha value is -3.74. The summed E-state index contributed by atoms with van der Waals surface area (Å²) in [4.78, 5) is 27.4. The SMILES string of the molecule is O=C1Nc2ccccc2C(c2ccc(C3NC(=O)Nc4ccccc43)[nH]2)N1. The van der Waals surface area contributed by atoms with Crippen LogP contribution in [-0.2, 0) is 0 Å². The van der Waals surface area contributed by atoms with Crippen LogP contribution in [0.25, 0.3) is 0 Å². The monoisotopic (exact) mass is 359 g/mol. The lowest BCUT2D eigenvalue weighted by Crippen LogP contribution is -2.39. The van der Waals surface area contributed by atoms with Gasteiger partial charge in [0, 0.05) is 33.9 Å². The average Bonchev–Trinajstić information content (AvgIpc) is 3.16. The Morgan fingerprint density at radius 3 is 1.52 bits per heavy atom. The van der Waals surface area contributed by atoms with Crippen molar-refractivity contribution in [1.82, 2.24) is 15.6 Å². The van der Waals surface area contributed by atoms with E-state index in [1.165, 1.54) is 0 Å². The molecule has 2 aromatic carbocycles. The number of para-hydroxylation sites is 2. The van der Waals surface area contributed by atoms with E-state index in [0.717, 1.165) is 33.9 Å². The van der Waals surface area contributed by atoms with Gasteiger partial charge in [0.05, 0.1) is 12.1 Å². The minimum absolute atomic E-state index is 0.240. The minimum Gasteiger partial charge on any atom is -0.358 e. The predicted molar refractivity (Wildman–Crippen MR) is 102 cm³/mol. The molecule has 3 heterocycles. The molecule has 7 heteroatoms. The lowest BCUT2D eigenvalue weighted by Gasteiger charge is -2.28. The van der Waals surface area contributed by atoms with Crippen molar-refractivity contribution in [2.45, 2.75) is 12.1 Å². The normalized spacial score (nSPS) is 20.4. The van der Waals surface area contributed by atoms with Crippen molar-refractivity contribution in [3.63, 3.8) is 0 Å². The highest BCUT2D eigenvalue weighted by Gasteiger charge is 2.29. The van der Waals surface area contributed by atoms with Crippen LogP contribution in [0, 0.1) is 0 Å². The van der Waals surface area contributed by atoms with Crippen LogP contribution < -0.4 is 21.3 Å². The Bertz CT molecular complexity index is 976. The van der Waals surface area contributed by atoms with Crippen molar-refractivity contribution >= 4 is 23.4 Å². The lowest BCUT2D eigenvalue weighted by atomic mass is 10.00. The molecule has 0 radical (unpaired) electrons. The highest BCUT2D eigenvalue weighted by Crippen LogP contribution is 2.34. The van der Waals surface area contributed by atoms with E-state index >= 15 is 0 Å². The zero-order chi connectivity index (χ0) is 18.4. The van der Waals surface area contributed by atoms with Crippen LogP contribution in [-0.4, -0.2) is 17.0 Å². The standard InChI is InChI=1S/C20H17N5O2/c26-19-22-13-7-3-1-5-11(13)17(24-19)15-9-10-16(21-15)18-12-6-2-4-8-14(12)23-20(27)25-18/h1-10,17-18,21H,(H2,22,24,26)(H2,23,25,27). The van der Waals surface area contributed by atoms with E-state index < -0.39 is 0 Å². The lowest BCUT2D eigenvalue weighted by molar-refractivity contribution is 0.248. The van der Waals surface area contributed by atoms with Crippen LogP contribution in [0.2, 0.25) is 0 Å². The summed E-state index contributed by atoms with van der Waals surface area (Å²) in [6.45, 7) is 0. The van der Waals surface area contributed by atoms with Gasteiger partial charge < -0.3 is 26.3 Å². The fourth-order valence-electron chi connectivity index (χ4n) is 3.72. The van der Waals surface area contributed by atoms with Gasteiger partial charge in [-0.15, -0.1) is 0 Å². The number of hydrogen-bond donors (Lipinski definition) is 5. The van der Waals surface area contributed by atoms with Crippen molar-refractivity contribution in [2.24, 2.45) is 0 Å². The van der Waals surface area contributed by atoms with E-state index in [2.05, 4.69) is 26.3 Å². The molecule has 0 aliphatic carbocycles. The molecule has 27 heavy (non-hydrogen) atoms. The summed E-state index contributed by atoms with van der Waals surface area (Å²) < 4.78 is 0. The van der Waals surface area contributed by atoms with Crippen molar-refractivity contribution in [2.75, 3.05) is 10.6 Å². The van der Waals surface area contributed by atoms with Gasteiger partial charge in [-0.1, -0.05) is 36.4 Å². The fourth-order valence-corrected chi connectivity index (χ4v) is 3.72. The van der Waals surface area contributed by atoms with E-state index in [9.17, 15) is 9.59 Å². The quantitative estimate of drug-likeness (QED) is 0.484. The predicted octanol–water partition coefficient (Wildman–Crippen LogP) is 3.46. The van der Waals surface area contributed by atoms with Crippen LogP contribution in [0.5, 0.6) is 0 Å². The maximum Gasteiger partial charge on any atom is 0.320 e. The van der Waals surface area contributed by atoms with Crippen LogP contribution in [0.15, 0.2) is 60.7 Å². The first-order chi connectivity index (χ1) is 13.2. The third-order valence-electron chi connectivity index (χ3n) is 4.94. The fraction of sp³-hybridized carbons (Fsp3) is 0.100. The van der Waals surface area contributed by atoms with Crippen LogP contribution in [0.3, 0.4) is 0 Å². The summed E-state index contributed by atoms with van der Waals surface area (Å²) in [6, 6.07) is 18.2. The Kier molecular flexibility index (Phi) is 3.39.